The molecule has 2 heterocycles. The molecule has 0 unspecified atom stereocenters. The minimum atomic E-state index is 0.651. The summed E-state index contributed by atoms with van der Waals surface area (Å²) < 4.78 is 0. The number of para-hydroxylation sites is 1. The number of rotatable bonds is 1. The third kappa shape index (κ3) is 2.49. The minimum absolute atomic E-state index is 0.651. The van der Waals surface area contributed by atoms with Crippen LogP contribution in [0, 0.1) is 11.3 Å². The highest BCUT2D eigenvalue weighted by Gasteiger charge is 2.23. The Kier molecular flexibility index (Phi) is 3.80. The van der Waals surface area contributed by atoms with Crippen LogP contribution in [0.1, 0.15) is 16.8 Å². The van der Waals surface area contributed by atoms with Gasteiger partial charge in [0.1, 0.15) is 6.07 Å². The number of benzene rings is 2. The number of nitriles is 1. The van der Waals surface area contributed by atoms with Gasteiger partial charge in [-0.1, -0.05) is 35.3 Å². The number of hydrogen-bond acceptors (Lipinski definition) is 3. The summed E-state index contributed by atoms with van der Waals surface area (Å²) in [5, 5.41) is 11.6. The molecule has 24 heavy (non-hydrogen) atoms. The maximum Gasteiger partial charge on any atom is 0.101 e. The smallest absolute Gasteiger partial charge is 0.101 e. The van der Waals surface area contributed by atoms with Crippen LogP contribution >= 0.6 is 23.2 Å². The Morgan fingerprint density at radius 3 is 2.79 bits per heavy atom. The zero-order chi connectivity index (χ0) is 16.7. The summed E-state index contributed by atoms with van der Waals surface area (Å²) in [6.45, 7) is 1.46. The highest BCUT2D eigenvalue weighted by Crippen LogP contribution is 2.35. The van der Waals surface area contributed by atoms with Crippen molar-refractivity contribution in [1.29, 1.82) is 5.26 Å². The van der Waals surface area contributed by atoms with Gasteiger partial charge in [-0.2, -0.15) is 5.26 Å². The second-order valence-corrected chi connectivity index (χ2v) is 6.63. The highest BCUT2D eigenvalue weighted by molar-refractivity contribution is 6.37. The van der Waals surface area contributed by atoms with Gasteiger partial charge in [-0.05, 0) is 30.3 Å². The second kappa shape index (κ2) is 5.98. The van der Waals surface area contributed by atoms with E-state index < -0.39 is 0 Å². The van der Waals surface area contributed by atoms with Crippen LogP contribution in [0.15, 0.2) is 42.5 Å². The van der Waals surface area contributed by atoms with E-state index >= 15 is 0 Å². The molecule has 0 aliphatic carbocycles. The Bertz CT molecular complexity index is 992. The number of fused-ring (bicyclic) bond motifs is 2. The van der Waals surface area contributed by atoms with Crippen LogP contribution in [0.25, 0.3) is 10.9 Å². The summed E-state index contributed by atoms with van der Waals surface area (Å²) in [4.78, 5) is 6.94. The van der Waals surface area contributed by atoms with Gasteiger partial charge in [0, 0.05) is 41.2 Å². The third-order valence-corrected chi connectivity index (χ3v) is 5.06. The van der Waals surface area contributed by atoms with E-state index in [-0.39, 0.29) is 0 Å². The molecular weight excluding hydrogens is 341 g/mol. The summed E-state index contributed by atoms with van der Waals surface area (Å²) >= 11 is 12.7. The predicted molar refractivity (Wildman–Crippen MR) is 97.7 cm³/mol. The van der Waals surface area contributed by atoms with Gasteiger partial charge in [-0.15, -0.1) is 0 Å². The molecular formula is C19H13Cl2N3. The van der Waals surface area contributed by atoms with E-state index in [0.717, 1.165) is 45.8 Å². The van der Waals surface area contributed by atoms with E-state index in [1.165, 1.54) is 0 Å². The largest absolute Gasteiger partial charge is 0.366 e. The van der Waals surface area contributed by atoms with Crippen LogP contribution in [-0.2, 0) is 13.0 Å². The van der Waals surface area contributed by atoms with Gasteiger partial charge in [0.25, 0.3) is 0 Å². The van der Waals surface area contributed by atoms with E-state index in [2.05, 4.69) is 11.0 Å². The molecule has 5 heteroatoms. The van der Waals surface area contributed by atoms with Crippen molar-refractivity contribution < 1.29 is 0 Å². The van der Waals surface area contributed by atoms with Crippen molar-refractivity contribution in [2.75, 3.05) is 11.4 Å². The van der Waals surface area contributed by atoms with Crippen LogP contribution < -0.4 is 4.90 Å². The Labute approximate surface area is 150 Å². The van der Waals surface area contributed by atoms with Crippen molar-refractivity contribution in [1.82, 2.24) is 4.98 Å². The first-order chi connectivity index (χ1) is 11.7. The molecule has 0 fully saturated rings. The van der Waals surface area contributed by atoms with Crippen molar-refractivity contribution in [2.24, 2.45) is 0 Å². The van der Waals surface area contributed by atoms with Gasteiger partial charge in [-0.25, -0.2) is 0 Å². The lowest BCUT2D eigenvalue weighted by atomic mass is 10.0. The summed E-state index contributed by atoms with van der Waals surface area (Å²) in [5.74, 6) is 0. The Hall–Kier alpha value is -2.28. The van der Waals surface area contributed by atoms with Gasteiger partial charge < -0.3 is 4.90 Å². The summed E-state index contributed by atoms with van der Waals surface area (Å²) in [5.41, 5.74) is 4.50. The molecule has 0 saturated carbocycles. The molecule has 0 N–H and O–H groups in total. The third-order valence-electron chi connectivity index (χ3n) is 4.40. The minimum Gasteiger partial charge on any atom is -0.366 e. The zero-order valence-corrected chi connectivity index (χ0v) is 14.3. The van der Waals surface area contributed by atoms with Crippen LogP contribution in [0.4, 0.5) is 5.69 Å². The lowest BCUT2D eigenvalue weighted by Gasteiger charge is -2.31. The zero-order valence-electron chi connectivity index (χ0n) is 12.8. The lowest BCUT2D eigenvalue weighted by molar-refractivity contribution is 0.716. The average Bonchev–Trinajstić information content (AvgIpc) is 2.61. The van der Waals surface area contributed by atoms with Gasteiger partial charge in [0.2, 0.25) is 0 Å². The first-order valence-electron chi connectivity index (χ1n) is 7.68. The fraction of sp³-hybridized carbons (Fsp3) is 0.158. The Balaban J connectivity index is 1.80. The molecule has 0 radical (unpaired) electrons. The molecule has 1 aliphatic heterocycles. The first-order valence-corrected chi connectivity index (χ1v) is 8.43. The van der Waals surface area contributed by atoms with Gasteiger partial charge in [0.15, 0.2) is 0 Å². The fourth-order valence-electron chi connectivity index (χ4n) is 3.21. The van der Waals surface area contributed by atoms with Crippen molar-refractivity contribution in [3.8, 4) is 6.07 Å². The van der Waals surface area contributed by atoms with Gasteiger partial charge >= 0.3 is 0 Å². The fourth-order valence-corrected chi connectivity index (χ4v) is 3.71. The normalized spacial score (nSPS) is 13.6. The van der Waals surface area contributed by atoms with E-state index in [1.807, 2.05) is 42.5 Å². The van der Waals surface area contributed by atoms with Gasteiger partial charge in [-0.3, -0.25) is 4.98 Å². The van der Waals surface area contributed by atoms with Crippen LogP contribution in [0.3, 0.4) is 0 Å². The molecule has 0 amide bonds. The van der Waals surface area contributed by atoms with E-state index in [0.29, 0.717) is 17.1 Å². The molecule has 4 rings (SSSR count). The molecule has 0 bridgehead atoms. The number of halogens is 2. The quantitative estimate of drug-likeness (QED) is 0.619. The monoisotopic (exact) mass is 353 g/mol. The second-order valence-electron chi connectivity index (χ2n) is 5.81. The molecule has 0 atom stereocenters. The van der Waals surface area contributed by atoms with Crippen molar-refractivity contribution >= 4 is 39.8 Å². The highest BCUT2D eigenvalue weighted by atomic mass is 35.5. The van der Waals surface area contributed by atoms with Gasteiger partial charge in [0.05, 0.1) is 21.8 Å². The van der Waals surface area contributed by atoms with Crippen LogP contribution in [-0.4, -0.2) is 11.5 Å². The standard InChI is InChI=1S/C19H13Cl2N3/c20-13-5-6-14-17(9-13)23-16-7-8-24(11-15(16)19(14)21)18-4-2-1-3-12(18)10-22/h1-6,9H,7-8,11H2. The predicted octanol–water partition coefficient (Wildman–Crippen LogP) is 4.98. The maximum atomic E-state index is 9.34. The summed E-state index contributed by atoms with van der Waals surface area (Å²) in [6.07, 6.45) is 0.789. The Morgan fingerprint density at radius 2 is 1.96 bits per heavy atom. The number of aromatic nitrogens is 1. The molecule has 0 saturated heterocycles. The molecule has 1 aromatic heterocycles. The first kappa shape index (κ1) is 15.3. The van der Waals surface area contributed by atoms with Crippen molar-refractivity contribution in [3.05, 3.63) is 69.3 Å². The maximum absolute atomic E-state index is 9.34. The summed E-state index contributed by atoms with van der Waals surface area (Å²) in [6, 6.07) is 15.5. The average molecular weight is 354 g/mol. The van der Waals surface area contributed by atoms with Crippen LogP contribution in [0.5, 0.6) is 0 Å². The molecule has 118 valence electrons. The van der Waals surface area contributed by atoms with E-state index in [9.17, 15) is 5.26 Å². The molecule has 0 spiro atoms. The molecule has 1 aliphatic rings. The molecule has 2 aromatic carbocycles. The topological polar surface area (TPSA) is 39.9 Å². The number of anilines is 1. The number of nitrogens with zero attached hydrogens (tertiary/aromatic N) is 3. The molecule has 3 nitrogen and oxygen atoms in total. The van der Waals surface area contributed by atoms with Crippen LogP contribution in [0.2, 0.25) is 10.0 Å². The SMILES string of the molecule is N#Cc1ccccc1N1CCc2nc3cc(Cl)ccc3c(Cl)c2C1. The van der Waals surface area contributed by atoms with Crippen molar-refractivity contribution in [3.63, 3.8) is 0 Å². The lowest BCUT2D eigenvalue weighted by Crippen LogP contribution is -2.31. The van der Waals surface area contributed by atoms with E-state index in [4.69, 9.17) is 28.2 Å². The number of pyridine rings is 1. The van der Waals surface area contributed by atoms with E-state index in [1.54, 1.807) is 0 Å². The summed E-state index contributed by atoms with van der Waals surface area (Å²) in [7, 11) is 0. The van der Waals surface area contributed by atoms with Crippen molar-refractivity contribution in [2.45, 2.75) is 13.0 Å². The molecule has 3 aromatic rings. The Morgan fingerprint density at radius 1 is 1.12 bits per heavy atom. The number of hydrogen-bond donors (Lipinski definition) is 0.